The largest absolute Gasteiger partial charge is 0.349 e. The van der Waals surface area contributed by atoms with E-state index in [0.717, 1.165) is 11.3 Å². The topological polar surface area (TPSA) is 85.4 Å². The second-order valence-corrected chi connectivity index (χ2v) is 4.61. The van der Waals surface area contributed by atoms with Crippen LogP contribution in [0.4, 0.5) is 11.6 Å². The molecule has 1 aromatic carbocycles. The van der Waals surface area contributed by atoms with Gasteiger partial charge in [0.05, 0.1) is 4.92 Å². The van der Waals surface area contributed by atoms with Gasteiger partial charge < -0.3 is 5.32 Å². The second-order valence-electron chi connectivity index (χ2n) is 4.61. The summed E-state index contributed by atoms with van der Waals surface area (Å²) >= 11 is 0. The van der Waals surface area contributed by atoms with Crippen molar-refractivity contribution in [1.29, 1.82) is 0 Å². The zero-order valence-corrected chi connectivity index (χ0v) is 11.4. The molecule has 0 amide bonds. The lowest BCUT2D eigenvalue weighted by Crippen LogP contribution is -2.04. The van der Waals surface area contributed by atoms with Gasteiger partial charge in [0, 0.05) is 23.9 Å². The number of anilines is 1. The van der Waals surface area contributed by atoms with E-state index < -0.39 is 4.92 Å². The average molecular weight is 283 g/mol. The summed E-state index contributed by atoms with van der Waals surface area (Å²) in [5.41, 5.74) is 2.39. The Morgan fingerprint density at radius 3 is 2.81 bits per heavy atom. The van der Waals surface area contributed by atoms with Crippen molar-refractivity contribution in [3.8, 4) is 0 Å². The number of fused-ring (bicyclic) bond motifs is 1. The van der Waals surface area contributed by atoms with E-state index in [1.807, 2.05) is 25.1 Å². The molecule has 0 unspecified atom stereocenters. The highest BCUT2D eigenvalue weighted by Crippen LogP contribution is 2.18. The third-order valence-electron chi connectivity index (χ3n) is 3.17. The molecule has 2 heterocycles. The Kier molecular flexibility index (Phi) is 3.23. The highest BCUT2D eigenvalue weighted by molar-refractivity contribution is 5.46. The van der Waals surface area contributed by atoms with E-state index in [2.05, 4.69) is 15.4 Å². The molecule has 1 N–H and O–H groups in total. The summed E-state index contributed by atoms with van der Waals surface area (Å²) in [7, 11) is 0. The van der Waals surface area contributed by atoms with E-state index in [1.165, 1.54) is 6.07 Å². The van der Waals surface area contributed by atoms with Crippen molar-refractivity contribution in [2.45, 2.75) is 13.5 Å². The second kappa shape index (κ2) is 5.20. The number of rotatable bonds is 4. The molecule has 0 saturated heterocycles. The lowest BCUT2D eigenvalue weighted by molar-refractivity contribution is -0.385. The smallest absolute Gasteiger partial charge is 0.274 e. The van der Waals surface area contributed by atoms with E-state index in [9.17, 15) is 10.1 Å². The molecule has 0 saturated carbocycles. The van der Waals surface area contributed by atoms with Gasteiger partial charge in [-0.25, -0.2) is 4.52 Å². The Labute approximate surface area is 120 Å². The number of hydrogen-bond acceptors (Lipinski definition) is 5. The monoisotopic (exact) mass is 283 g/mol. The fourth-order valence-electron chi connectivity index (χ4n) is 2.12. The Bertz CT molecular complexity index is 812. The first-order valence-corrected chi connectivity index (χ1v) is 6.44. The molecule has 0 bridgehead atoms. The molecule has 106 valence electrons. The molecule has 0 fully saturated rings. The highest BCUT2D eigenvalue weighted by Gasteiger charge is 2.12. The van der Waals surface area contributed by atoms with Crippen LogP contribution in [0.15, 0.2) is 42.5 Å². The van der Waals surface area contributed by atoms with Crippen LogP contribution in [-0.4, -0.2) is 19.5 Å². The van der Waals surface area contributed by atoms with Crippen LogP contribution in [0.2, 0.25) is 0 Å². The first kappa shape index (κ1) is 13.0. The number of para-hydroxylation sites is 1. The molecule has 2 aromatic heterocycles. The van der Waals surface area contributed by atoms with E-state index in [0.29, 0.717) is 18.1 Å². The number of nitro groups is 1. The number of nitrogens with one attached hydrogen (secondary N) is 1. The molecular formula is C14H13N5O2. The number of hydrogen-bond donors (Lipinski definition) is 1. The summed E-state index contributed by atoms with van der Waals surface area (Å²) in [6.07, 6.45) is 0. The molecule has 0 aliphatic heterocycles. The van der Waals surface area contributed by atoms with Crippen molar-refractivity contribution in [1.82, 2.24) is 14.6 Å². The van der Waals surface area contributed by atoms with E-state index >= 15 is 0 Å². The van der Waals surface area contributed by atoms with Gasteiger partial charge in [-0.1, -0.05) is 24.3 Å². The summed E-state index contributed by atoms with van der Waals surface area (Å²) in [6, 6.07) is 12.3. The molecule has 7 heteroatoms. The van der Waals surface area contributed by atoms with E-state index in [1.54, 1.807) is 22.7 Å². The number of nitro benzene ring substituents is 1. The lowest BCUT2D eigenvalue weighted by Gasteiger charge is -2.02. The fourth-order valence-corrected chi connectivity index (χ4v) is 2.12. The zero-order chi connectivity index (χ0) is 14.8. The van der Waals surface area contributed by atoms with Gasteiger partial charge >= 0.3 is 0 Å². The molecule has 0 spiro atoms. The Balaban J connectivity index is 1.84. The molecule has 0 atom stereocenters. The van der Waals surface area contributed by atoms with Crippen LogP contribution >= 0.6 is 0 Å². The van der Waals surface area contributed by atoms with Crippen LogP contribution < -0.4 is 5.32 Å². The van der Waals surface area contributed by atoms with Crippen LogP contribution in [0.1, 0.15) is 11.3 Å². The maximum absolute atomic E-state index is 11.0. The summed E-state index contributed by atoms with van der Waals surface area (Å²) in [5, 5.41) is 18.3. The van der Waals surface area contributed by atoms with Crippen LogP contribution in [-0.2, 0) is 6.54 Å². The molecular weight excluding hydrogens is 270 g/mol. The predicted octanol–water partition coefficient (Wildman–Crippen LogP) is 2.56. The summed E-state index contributed by atoms with van der Waals surface area (Å²) in [5.74, 6) is 0.447. The number of nitrogens with zero attached hydrogens (tertiary/aromatic N) is 4. The Morgan fingerprint density at radius 1 is 1.24 bits per heavy atom. The van der Waals surface area contributed by atoms with E-state index in [4.69, 9.17) is 0 Å². The van der Waals surface area contributed by atoms with Gasteiger partial charge in [0.1, 0.15) is 0 Å². The highest BCUT2D eigenvalue weighted by atomic mass is 16.6. The minimum Gasteiger partial charge on any atom is -0.349 e. The quantitative estimate of drug-likeness (QED) is 0.587. The lowest BCUT2D eigenvalue weighted by atomic mass is 10.2. The molecule has 3 rings (SSSR count). The third-order valence-corrected chi connectivity index (χ3v) is 3.17. The van der Waals surface area contributed by atoms with Gasteiger partial charge in [-0.05, 0) is 19.1 Å². The normalized spacial score (nSPS) is 10.7. The Morgan fingerprint density at radius 2 is 2.05 bits per heavy atom. The predicted molar refractivity (Wildman–Crippen MR) is 78.1 cm³/mol. The van der Waals surface area contributed by atoms with E-state index in [-0.39, 0.29) is 5.69 Å². The zero-order valence-electron chi connectivity index (χ0n) is 11.4. The number of benzene rings is 1. The first-order chi connectivity index (χ1) is 10.1. The van der Waals surface area contributed by atoms with Gasteiger partial charge in [0.15, 0.2) is 5.65 Å². The fraction of sp³-hybridized carbons (Fsp3) is 0.143. The van der Waals surface area contributed by atoms with Gasteiger partial charge in [-0.15, -0.1) is 5.10 Å². The minimum absolute atomic E-state index is 0.0879. The molecule has 0 aliphatic carbocycles. The average Bonchev–Trinajstić information content (AvgIpc) is 2.90. The molecule has 0 aliphatic rings. The van der Waals surface area contributed by atoms with Crippen LogP contribution in [0.25, 0.3) is 5.65 Å². The minimum atomic E-state index is -0.391. The molecule has 3 aromatic rings. The van der Waals surface area contributed by atoms with Gasteiger partial charge in [-0.2, -0.15) is 4.98 Å². The third kappa shape index (κ3) is 2.53. The van der Waals surface area contributed by atoms with Crippen molar-refractivity contribution in [2.24, 2.45) is 0 Å². The van der Waals surface area contributed by atoms with Crippen molar-refractivity contribution in [2.75, 3.05) is 5.32 Å². The van der Waals surface area contributed by atoms with Crippen LogP contribution in [0.5, 0.6) is 0 Å². The van der Waals surface area contributed by atoms with Crippen LogP contribution in [0, 0.1) is 17.0 Å². The van der Waals surface area contributed by atoms with Crippen molar-refractivity contribution < 1.29 is 4.92 Å². The first-order valence-electron chi connectivity index (χ1n) is 6.44. The molecule has 21 heavy (non-hydrogen) atoms. The van der Waals surface area contributed by atoms with Gasteiger partial charge in [0.25, 0.3) is 5.69 Å². The standard InChI is InChI=1S/C14H13N5O2/c1-10-5-4-8-13-16-14(17-18(10)13)15-9-11-6-2-3-7-12(11)19(20)21/h2-8H,9H2,1H3,(H,15,17). The van der Waals surface area contributed by atoms with Gasteiger partial charge in [-0.3, -0.25) is 10.1 Å². The van der Waals surface area contributed by atoms with Crippen molar-refractivity contribution in [3.63, 3.8) is 0 Å². The van der Waals surface area contributed by atoms with Crippen molar-refractivity contribution in [3.05, 3.63) is 63.8 Å². The van der Waals surface area contributed by atoms with Gasteiger partial charge in [0.2, 0.25) is 5.95 Å². The van der Waals surface area contributed by atoms with Crippen LogP contribution in [0.3, 0.4) is 0 Å². The number of pyridine rings is 1. The summed E-state index contributed by atoms with van der Waals surface area (Å²) in [4.78, 5) is 14.9. The Hall–Kier alpha value is -2.96. The SMILES string of the molecule is Cc1cccc2nc(NCc3ccccc3[N+](=O)[O-])nn12. The number of aryl methyl sites for hydroxylation is 1. The maximum Gasteiger partial charge on any atom is 0.274 e. The number of aromatic nitrogens is 3. The van der Waals surface area contributed by atoms with Crippen molar-refractivity contribution >= 4 is 17.3 Å². The molecule has 7 nitrogen and oxygen atoms in total. The maximum atomic E-state index is 11.0. The summed E-state index contributed by atoms with van der Waals surface area (Å²) in [6.45, 7) is 2.24. The molecule has 0 radical (unpaired) electrons. The summed E-state index contributed by atoms with van der Waals surface area (Å²) < 4.78 is 1.72.